The maximum Gasteiger partial charge on any atom is 0.226 e. The Hall–Kier alpha value is -0.940. The van der Waals surface area contributed by atoms with Gasteiger partial charge in [-0.25, -0.2) is 0 Å². The van der Waals surface area contributed by atoms with Gasteiger partial charge in [0, 0.05) is 13.0 Å². The van der Waals surface area contributed by atoms with Crippen LogP contribution in [0.15, 0.2) is 4.52 Å². The van der Waals surface area contributed by atoms with Gasteiger partial charge in [-0.1, -0.05) is 24.9 Å². The van der Waals surface area contributed by atoms with Crippen molar-refractivity contribution in [3.63, 3.8) is 0 Å². The SMILES string of the molecule is CCCCc1nc(C(N)CN2CCCCC2)no1. The number of aryl methyl sites for hydroxylation is 1. The van der Waals surface area contributed by atoms with Crippen LogP contribution in [0, 0.1) is 0 Å². The van der Waals surface area contributed by atoms with E-state index in [0.29, 0.717) is 5.82 Å². The van der Waals surface area contributed by atoms with Crippen LogP contribution >= 0.6 is 0 Å². The average Bonchev–Trinajstić information content (AvgIpc) is 2.86. The fraction of sp³-hybridized carbons (Fsp3) is 0.846. The molecule has 2 rings (SSSR count). The average molecular weight is 252 g/mol. The Kier molecular flexibility index (Phi) is 5.13. The van der Waals surface area contributed by atoms with Crippen molar-refractivity contribution < 1.29 is 4.52 Å². The van der Waals surface area contributed by atoms with E-state index in [1.54, 1.807) is 0 Å². The lowest BCUT2D eigenvalue weighted by Gasteiger charge is -2.27. The van der Waals surface area contributed by atoms with Crippen molar-refractivity contribution >= 4 is 0 Å². The lowest BCUT2D eigenvalue weighted by molar-refractivity contribution is 0.213. The molecule has 0 saturated carbocycles. The molecule has 0 aromatic carbocycles. The van der Waals surface area contributed by atoms with Crippen LogP contribution in [0.5, 0.6) is 0 Å². The van der Waals surface area contributed by atoms with E-state index in [0.717, 1.165) is 44.8 Å². The Balaban J connectivity index is 1.83. The van der Waals surface area contributed by atoms with Crippen LogP contribution in [-0.2, 0) is 6.42 Å². The highest BCUT2D eigenvalue weighted by Crippen LogP contribution is 2.14. The third-order valence-electron chi connectivity index (χ3n) is 3.46. The standard InChI is InChI=1S/C13H24N4O/c1-2-3-7-12-15-13(16-18-12)11(14)10-17-8-5-4-6-9-17/h11H,2-10,14H2,1H3. The monoisotopic (exact) mass is 252 g/mol. The zero-order valence-electron chi connectivity index (χ0n) is 11.3. The van der Waals surface area contributed by atoms with E-state index in [4.69, 9.17) is 10.3 Å². The Labute approximate surface area is 109 Å². The first-order chi connectivity index (χ1) is 8.79. The molecule has 1 saturated heterocycles. The normalized spacial score (nSPS) is 19.0. The zero-order chi connectivity index (χ0) is 12.8. The van der Waals surface area contributed by atoms with Crippen LogP contribution in [-0.4, -0.2) is 34.7 Å². The molecule has 2 heterocycles. The summed E-state index contributed by atoms with van der Waals surface area (Å²) in [6, 6.07) is -0.123. The van der Waals surface area contributed by atoms with Crippen molar-refractivity contribution in [3.8, 4) is 0 Å². The van der Waals surface area contributed by atoms with Crippen LogP contribution < -0.4 is 5.73 Å². The second-order valence-corrected chi connectivity index (χ2v) is 5.12. The summed E-state index contributed by atoms with van der Waals surface area (Å²) in [6.45, 7) is 5.29. The van der Waals surface area contributed by atoms with Crippen molar-refractivity contribution in [2.24, 2.45) is 5.73 Å². The molecular formula is C13H24N4O. The number of hydrogen-bond acceptors (Lipinski definition) is 5. The molecule has 0 spiro atoms. The first kappa shape index (κ1) is 13.5. The summed E-state index contributed by atoms with van der Waals surface area (Å²) >= 11 is 0. The van der Waals surface area contributed by atoms with Gasteiger partial charge in [0.1, 0.15) is 0 Å². The van der Waals surface area contributed by atoms with Crippen molar-refractivity contribution in [2.45, 2.75) is 51.5 Å². The van der Waals surface area contributed by atoms with E-state index < -0.39 is 0 Å². The number of unbranched alkanes of at least 4 members (excludes halogenated alkanes) is 1. The smallest absolute Gasteiger partial charge is 0.226 e. The second kappa shape index (κ2) is 6.85. The number of piperidine rings is 1. The molecule has 5 heteroatoms. The molecule has 18 heavy (non-hydrogen) atoms. The predicted molar refractivity (Wildman–Crippen MR) is 70.1 cm³/mol. The molecule has 1 atom stereocenters. The van der Waals surface area contributed by atoms with Gasteiger partial charge in [-0.15, -0.1) is 0 Å². The zero-order valence-corrected chi connectivity index (χ0v) is 11.3. The molecule has 102 valence electrons. The van der Waals surface area contributed by atoms with E-state index in [2.05, 4.69) is 22.0 Å². The molecule has 0 bridgehead atoms. The quantitative estimate of drug-likeness (QED) is 0.837. The maximum atomic E-state index is 6.14. The van der Waals surface area contributed by atoms with E-state index in [1.165, 1.54) is 19.3 Å². The Morgan fingerprint density at radius 3 is 2.83 bits per heavy atom. The van der Waals surface area contributed by atoms with E-state index >= 15 is 0 Å². The third-order valence-corrected chi connectivity index (χ3v) is 3.46. The van der Waals surface area contributed by atoms with Gasteiger partial charge in [-0.05, 0) is 32.4 Å². The van der Waals surface area contributed by atoms with Crippen molar-refractivity contribution in [1.82, 2.24) is 15.0 Å². The molecule has 0 amide bonds. The second-order valence-electron chi connectivity index (χ2n) is 5.12. The highest BCUT2D eigenvalue weighted by molar-refractivity contribution is 4.94. The highest BCUT2D eigenvalue weighted by atomic mass is 16.5. The van der Waals surface area contributed by atoms with Gasteiger partial charge in [0.2, 0.25) is 5.89 Å². The molecule has 2 N–H and O–H groups in total. The first-order valence-electron chi connectivity index (χ1n) is 7.10. The summed E-state index contributed by atoms with van der Waals surface area (Å²) in [5.41, 5.74) is 6.14. The van der Waals surface area contributed by atoms with Gasteiger partial charge in [-0.2, -0.15) is 4.98 Å². The minimum absolute atomic E-state index is 0.123. The lowest BCUT2D eigenvalue weighted by atomic mass is 10.1. The van der Waals surface area contributed by atoms with Gasteiger partial charge in [0.15, 0.2) is 5.82 Å². The number of aromatic nitrogens is 2. The minimum Gasteiger partial charge on any atom is -0.339 e. The van der Waals surface area contributed by atoms with Crippen molar-refractivity contribution in [1.29, 1.82) is 0 Å². The summed E-state index contributed by atoms with van der Waals surface area (Å²) < 4.78 is 5.22. The molecule has 0 aliphatic carbocycles. The molecule has 1 aliphatic rings. The number of nitrogens with zero attached hydrogens (tertiary/aromatic N) is 3. The van der Waals surface area contributed by atoms with E-state index in [9.17, 15) is 0 Å². The van der Waals surface area contributed by atoms with Gasteiger partial charge < -0.3 is 15.2 Å². The van der Waals surface area contributed by atoms with Crippen LogP contribution in [0.2, 0.25) is 0 Å². The maximum absolute atomic E-state index is 6.14. The van der Waals surface area contributed by atoms with Crippen LogP contribution in [0.3, 0.4) is 0 Å². The number of hydrogen-bond donors (Lipinski definition) is 1. The Bertz CT molecular complexity index is 347. The molecule has 0 radical (unpaired) electrons. The number of rotatable bonds is 6. The Morgan fingerprint density at radius 2 is 2.11 bits per heavy atom. The van der Waals surface area contributed by atoms with E-state index in [-0.39, 0.29) is 6.04 Å². The number of nitrogens with two attached hydrogens (primary N) is 1. The van der Waals surface area contributed by atoms with Gasteiger partial charge in [0.05, 0.1) is 6.04 Å². The molecule has 1 fully saturated rings. The van der Waals surface area contributed by atoms with Gasteiger partial charge in [0.25, 0.3) is 0 Å². The molecule has 1 aromatic rings. The Morgan fingerprint density at radius 1 is 1.33 bits per heavy atom. The molecule has 1 aliphatic heterocycles. The largest absolute Gasteiger partial charge is 0.339 e. The summed E-state index contributed by atoms with van der Waals surface area (Å²) in [7, 11) is 0. The topological polar surface area (TPSA) is 68.2 Å². The molecule has 5 nitrogen and oxygen atoms in total. The van der Waals surface area contributed by atoms with Crippen LogP contribution in [0.4, 0.5) is 0 Å². The van der Waals surface area contributed by atoms with E-state index in [1.807, 2.05) is 0 Å². The molecular weight excluding hydrogens is 228 g/mol. The molecule has 1 aromatic heterocycles. The van der Waals surface area contributed by atoms with Crippen molar-refractivity contribution in [2.75, 3.05) is 19.6 Å². The molecule has 1 unspecified atom stereocenters. The minimum atomic E-state index is -0.123. The van der Waals surface area contributed by atoms with Gasteiger partial charge >= 0.3 is 0 Å². The summed E-state index contributed by atoms with van der Waals surface area (Å²) in [5.74, 6) is 1.38. The third kappa shape index (κ3) is 3.78. The summed E-state index contributed by atoms with van der Waals surface area (Å²) in [4.78, 5) is 6.78. The summed E-state index contributed by atoms with van der Waals surface area (Å²) in [6.07, 6.45) is 6.98. The van der Waals surface area contributed by atoms with Crippen LogP contribution in [0.25, 0.3) is 0 Å². The number of likely N-dealkylation sites (tertiary alicyclic amines) is 1. The lowest BCUT2D eigenvalue weighted by Crippen LogP contribution is -2.36. The fourth-order valence-electron chi connectivity index (χ4n) is 2.35. The van der Waals surface area contributed by atoms with Crippen LogP contribution in [0.1, 0.15) is 56.8 Å². The van der Waals surface area contributed by atoms with Crippen molar-refractivity contribution in [3.05, 3.63) is 11.7 Å². The predicted octanol–water partition coefficient (Wildman–Crippen LogP) is 1.90. The van der Waals surface area contributed by atoms with Gasteiger partial charge in [-0.3, -0.25) is 0 Å². The fourth-order valence-corrected chi connectivity index (χ4v) is 2.35. The highest BCUT2D eigenvalue weighted by Gasteiger charge is 2.19. The first-order valence-corrected chi connectivity index (χ1v) is 7.10. The summed E-state index contributed by atoms with van der Waals surface area (Å²) in [5, 5.41) is 4.00.